The molecule has 0 bridgehead atoms. The third-order valence-electron chi connectivity index (χ3n) is 12.6. The lowest BCUT2D eigenvalue weighted by atomic mass is 10.00. The van der Waals surface area contributed by atoms with Crippen molar-refractivity contribution in [2.75, 3.05) is 0 Å². The average Bonchev–Trinajstić information content (AvgIpc) is 3.28. The van der Waals surface area contributed by atoms with E-state index in [1.54, 1.807) is 0 Å². The van der Waals surface area contributed by atoms with Crippen LogP contribution in [0.25, 0.3) is 0 Å². The summed E-state index contributed by atoms with van der Waals surface area (Å²) in [5.41, 5.74) is 0. The molecule has 0 N–H and O–H groups in total. The summed E-state index contributed by atoms with van der Waals surface area (Å²) in [7, 11) is 0. The number of esters is 1. The van der Waals surface area contributed by atoms with Gasteiger partial charge in [-0.05, 0) is 116 Å². The number of Topliss-reactive ketones (excluding diaryl/α,β-unsaturated/α-hetero) is 2. The number of carbonyl (C=O) groups excluding carboxylic acids is 3. The molecule has 0 saturated heterocycles. The smallest absolute Gasteiger partial charge is 0.306 e. The molecule has 0 radical (unpaired) electrons. The SMILES string of the molecule is CCCCC/C=C\C/C=C\CCCCCCCC(=O)CCC(CCC(=O)CCCCCCC/C=C\CCCCCCCC)OC(=O)CCCCCCC/C=C\CCCCCCCC. The molecule has 0 saturated carbocycles. The minimum Gasteiger partial charge on any atom is -0.462 e. The molecule has 4 heteroatoms. The second-order valence-electron chi connectivity index (χ2n) is 18.9. The fourth-order valence-electron chi connectivity index (χ4n) is 8.27. The van der Waals surface area contributed by atoms with Gasteiger partial charge in [-0.15, -0.1) is 0 Å². The van der Waals surface area contributed by atoms with Crippen molar-refractivity contribution in [2.24, 2.45) is 0 Å². The van der Waals surface area contributed by atoms with Crippen LogP contribution in [0.4, 0.5) is 0 Å². The number of hydrogen-bond donors (Lipinski definition) is 0. The normalized spacial score (nSPS) is 12.5. The van der Waals surface area contributed by atoms with Gasteiger partial charge in [-0.25, -0.2) is 0 Å². The van der Waals surface area contributed by atoms with E-state index in [1.165, 1.54) is 173 Å². The van der Waals surface area contributed by atoms with E-state index >= 15 is 0 Å². The fourth-order valence-corrected chi connectivity index (χ4v) is 8.27. The zero-order valence-corrected chi connectivity index (χ0v) is 42.4. The standard InChI is InChI=1S/C59H106O4/c1-4-7-10-13-16-19-22-25-28-31-34-37-40-43-46-49-56(60)52-54-58(63-59(62)51-48-45-42-39-36-33-30-27-24-21-18-15-12-9-6-3)55-53-57(61)50-47-44-41-38-35-32-29-26-23-20-17-14-11-8-5-2/h16,19,25-30,58H,4-15,17-18,20-24,31-55H2,1-3H3/b19-16-,28-25-,29-26-,30-27-. The molecule has 0 fully saturated rings. The lowest BCUT2D eigenvalue weighted by molar-refractivity contribution is -0.151. The van der Waals surface area contributed by atoms with Gasteiger partial charge >= 0.3 is 5.97 Å². The largest absolute Gasteiger partial charge is 0.462 e. The van der Waals surface area contributed by atoms with Crippen molar-refractivity contribution in [3.05, 3.63) is 48.6 Å². The highest BCUT2D eigenvalue weighted by molar-refractivity contribution is 5.79. The van der Waals surface area contributed by atoms with Crippen LogP contribution < -0.4 is 0 Å². The van der Waals surface area contributed by atoms with E-state index in [0.29, 0.717) is 44.9 Å². The number of carbonyl (C=O) groups is 3. The van der Waals surface area contributed by atoms with Gasteiger partial charge in [0.15, 0.2) is 0 Å². The van der Waals surface area contributed by atoms with E-state index in [1.807, 2.05) is 0 Å². The summed E-state index contributed by atoms with van der Waals surface area (Å²) in [5.74, 6) is 0.365. The molecule has 0 aromatic carbocycles. The predicted octanol–water partition coefficient (Wildman–Crippen LogP) is 19.5. The van der Waals surface area contributed by atoms with Gasteiger partial charge in [-0.2, -0.15) is 0 Å². The highest BCUT2D eigenvalue weighted by Gasteiger charge is 2.18. The van der Waals surface area contributed by atoms with Gasteiger partial charge in [0.25, 0.3) is 0 Å². The van der Waals surface area contributed by atoms with Gasteiger partial charge < -0.3 is 4.74 Å². The molecular formula is C59H106O4. The summed E-state index contributed by atoms with van der Waals surface area (Å²) in [6.45, 7) is 6.79. The molecule has 0 aliphatic rings. The van der Waals surface area contributed by atoms with Crippen molar-refractivity contribution in [1.82, 2.24) is 0 Å². The molecule has 0 amide bonds. The fraction of sp³-hybridized carbons (Fsp3) is 0.814. The first-order valence-electron chi connectivity index (χ1n) is 27.9. The highest BCUT2D eigenvalue weighted by atomic mass is 16.5. The van der Waals surface area contributed by atoms with Crippen LogP contribution >= 0.6 is 0 Å². The van der Waals surface area contributed by atoms with Crippen molar-refractivity contribution in [1.29, 1.82) is 0 Å². The van der Waals surface area contributed by atoms with Crippen LogP contribution in [-0.4, -0.2) is 23.6 Å². The Morgan fingerprint density at radius 2 is 0.587 bits per heavy atom. The maximum atomic E-state index is 12.9. The summed E-state index contributed by atoms with van der Waals surface area (Å²) in [6, 6.07) is 0. The molecule has 0 aliphatic carbocycles. The average molecular weight is 879 g/mol. The maximum absolute atomic E-state index is 12.9. The van der Waals surface area contributed by atoms with E-state index in [0.717, 1.165) is 64.2 Å². The number of ether oxygens (including phenoxy) is 1. The summed E-state index contributed by atoms with van der Waals surface area (Å²) < 4.78 is 5.97. The quantitative estimate of drug-likeness (QED) is 0.0347. The zero-order chi connectivity index (χ0) is 45.8. The van der Waals surface area contributed by atoms with Crippen LogP contribution in [0, 0.1) is 0 Å². The molecule has 366 valence electrons. The maximum Gasteiger partial charge on any atom is 0.306 e. The molecule has 4 nitrogen and oxygen atoms in total. The van der Waals surface area contributed by atoms with Crippen LogP contribution in [0.3, 0.4) is 0 Å². The van der Waals surface area contributed by atoms with E-state index < -0.39 is 0 Å². The lowest BCUT2D eigenvalue weighted by Crippen LogP contribution is -2.20. The number of rotatable bonds is 51. The van der Waals surface area contributed by atoms with Crippen LogP contribution in [0.2, 0.25) is 0 Å². The van der Waals surface area contributed by atoms with E-state index in [-0.39, 0.29) is 23.6 Å². The summed E-state index contributed by atoms with van der Waals surface area (Å²) in [4.78, 5) is 38.7. The molecular weight excluding hydrogens is 773 g/mol. The van der Waals surface area contributed by atoms with E-state index in [9.17, 15) is 14.4 Å². The minimum absolute atomic E-state index is 0.163. The number of allylic oxidation sites excluding steroid dienone is 8. The second kappa shape index (κ2) is 52.4. The van der Waals surface area contributed by atoms with Crippen LogP contribution in [-0.2, 0) is 19.1 Å². The summed E-state index contributed by atoms with van der Waals surface area (Å²) in [5, 5.41) is 0. The lowest BCUT2D eigenvalue weighted by Gasteiger charge is -2.18. The molecule has 0 aliphatic heterocycles. The first-order valence-corrected chi connectivity index (χ1v) is 27.9. The Bertz CT molecular complexity index is 1100. The van der Waals surface area contributed by atoms with Gasteiger partial charge in [0.2, 0.25) is 0 Å². The molecule has 63 heavy (non-hydrogen) atoms. The van der Waals surface area contributed by atoms with Gasteiger partial charge in [0.1, 0.15) is 17.7 Å². The summed E-state index contributed by atoms with van der Waals surface area (Å²) >= 11 is 0. The van der Waals surface area contributed by atoms with Gasteiger partial charge in [0.05, 0.1) is 0 Å². The molecule has 1 atom stereocenters. The zero-order valence-electron chi connectivity index (χ0n) is 42.4. The van der Waals surface area contributed by atoms with E-state index in [4.69, 9.17) is 4.74 Å². The molecule has 1 unspecified atom stereocenters. The Morgan fingerprint density at radius 1 is 0.317 bits per heavy atom. The van der Waals surface area contributed by atoms with E-state index in [2.05, 4.69) is 69.4 Å². The van der Waals surface area contributed by atoms with Crippen molar-refractivity contribution < 1.29 is 19.1 Å². The van der Waals surface area contributed by atoms with Crippen LogP contribution in [0.5, 0.6) is 0 Å². The van der Waals surface area contributed by atoms with Crippen molar-refractivity contribution >= 4 is 17.5 Å². The first-order chi connectivity index (χ1) is 31.0. The Balaban J connectivity index is 4.41. The molecule has 0 aromatic rings. The third kappa shape index (κ3) is 50.6. The van der Waals surface area contributed by atoms with Gasteiger partial charge in [-0.1, -0.05) is 204 Å². The molecule has 0 spiro atoms. The summed E-state index contributed by atoms with van der Waals surface area (Å²) in [6.07, 6.45) is 67.0. The number of hydrogen-bond acceptors (Lipinski definition) is 4. The van der Waals surface area contributed by atoms with Crippen LogP contribution in [0.15, 0.2) is 48.6 Å². The van der Waals surface area contributed by atoms with Gasteiger partial charge in [-0.3, -0.25) is 14.4 Å². The predicted molar refractivity (Wildman–Crippen MR) is 277 cm³/mol. The molecule has 0 heterocycles. The monoisotopic (exact) mass is 879 g/mol. The van der Waals surface area contributed by atoms with Crippen molar-refractivity contribution in [2.45, 2.75) is 309 Å². The van der Waals surface area contributed by atoms with Gasteiger partial charge in [0, 0.05) is 32.1 Å². The highest BCUT2D eigenvalue weighted by Crippen LogP contribution is 2.18. The minimum atomic E-state index is -0.341. The number of unbranched alkanes of at least 4 members (excludes halogenated alkanes) is 30. The third-order valence-corrected chi connectivity index (χ3v) is 12.6. The first kappa shape index (κ1) is 60.8. The van der Waals surface area contributed by atoms with Crippen LogP contribution in [0.1, 0.15) is 303 Å². The topological polar surface area (TPSA) is 60.4 Å². The Kier molecular flexibility index (Phi) is 50.5. The van der Waals surface area contributed by atoms with Crippen molar-refractivity contribution in [3.8, 4) is 0 Å². The Labute approximate surface area is 393 Å². The molecule has 0 aromatic heterocycles. The van der Waals surface area contributed by atoms with Crippen molar-refractivity contribution in [3.63, 3.8) is 0 Å². The second-order valence-corrected chi connectivity index (χ2v) is 18.9. The Hall–Kier alpha value is -2.23. The number of ketones is 2. The Morgan fingerprint density at radius 3 is 0.952 bits per heavy atom. The molecule has 0 rings (SSSR count).